The van der Waals surface area contributed by atoms with Gasteiger partial charge in [-0.3, -0.25) is 0 Å². The molecule has 0 bridgehead atoms. The molecule has 1 saturated heterocycles. The highest BCUT2D eigenvalue weighted by Gasteiger charge is 2.20. The van der Waals surface area contributed by atoms with E-state index in [2.05, 4.69) is 24.1 Å². The average molecular weight is 355 g/mol. The number of hydrogen-bond donors (Lipinski definition) is 1. The second-order valence-corrected chi connectivity index (χ2v) is 6.77. The topological polar surface area (TPSA) is 33.7 Å². The minimum atomic E-state index is 0.602. The number of benzene rings is 1. The van der Waals surface area contributed by atoms with Crippen LogP contribution in [-0.2, 0) is 6.54 Å². The van der Waals surface area contributed by atoms with E-state index < -0.39 is 0 Å². The Kier molecular flexibility index (Phi) is 8.16. The first kappa shape index (κ1) is 19.4. The van der Waals surface area contributed by atoms with Gasteiger partial charge in [-0.1, -0.05) is 25.4 Å². The molecule has 136 valence electrons. The van der Waals surface area contributed by atoms with Crippen molar-refractivity contribution in [1.29, 1.82) is 0 Å². The zero-order valence-corrected chi connectivity index (χ0v) is 16.0. The number of likely N-dealkylation sites (tertiary alicyclic amines) is 1. The van der Waals surface area contributed by atoms with Crippen molar-refractivity contribution in [3.05, 3.63) is 22.7 Å². The molecule has 4 nitrogen and oxygen atoms in total. The van der Waals surface area contributed by atoms with Crippen LogP contribution in [-0.4, -0.2) is 44.3 Å². The summed E-state index contributed by atoms with van der Waals surface area (Å²) in [6, 6.07) is 4.02. The van der Waals surface area contributed by atoms with Gasteiger partial charge >= 0.3 is 0 Å². The van der Waals surface area contributed by atoms with Crippen LogP contribution < -0.4 is 14.8 Å². The maximum absolute atomic E-state index is 6.41. The van der Waals surface area contributed by atoms with Crippen molar-refractivity contribution in [3.63, 3.8) is 0 Å². The number of nitrogens with zero attached hydrogens (tertiary/aromatic N) is 1. The molecule has 0 saturated carbocycles. The molecule has 1 fully saturated rings. The number of hydrogen-bond acceptors (Lipinski definition) is 4. The molecule has 1 aliphatic rings. The van der Waals surface area contributed by atoms with Gasteiger partial charge in [0.25, 0.3) is 0 Å². The first-order valence-corrected chi connectivity index (χ1v) is 9.56. The van der Waals surface area contributed by atoms with Gasteiger partial charge in [0.1, 0.15) is 0 Å². The van der Waals surface area contributed by atoms with Crippen LogP contribution in [0.4, 0.5) is 0 Å². The molecule has 1 aromatic rings. The summed E-state index contributed by atoms with van der Waals surface area (Å²) >= 11 is 6.41. The summed E-state index contributed by atoms with van der Waals surface area (Å²) in [4.78, 5) is 2.51. The molecule has 5 heteroatoms. The van der Waals surface area contributed by atoms with Crippen molar-refractivity contribution in [3.8, 4) is 11.5 Å². The van der Waals surface area contributed by atoms with Crippen molar-refractivity contribution in [2.75, 3.05) is 39.4 Å². The highest BCUT2D eigenvalue weighted by molar-refractivity contribution is 6.32. The van der Waals surface area contributed by atoms with Crippen LogP contribution in [0.25, 0.3) is 0 Å². The minimum Gasteiger partial charge on any atom is -0.490 e. The maximum Gasteiger partial charge on any atom is 0.179 e. The molecular weight excluding hydrogens is 324 g/mol. The Morgan fingerprint density at radius 2 is 2.08 bits per heavy atom. The van der Waals surface area contributed by atoms with E-state index in [9.17, 15) is 0 Å². The maximum atomic E-state index is 6.41. The van der Waals surface area contributed by atoms with Crippen LogP contribution in [0.1, 0.15) is 39.2 Å². The molecule has 1 unspecified atom stereocenters. The van der Waals surface area contributed by atoms with Gasteiger partial charge in [-0.2, -0.15) is 0 Å². The van der Waals surface area contributed by atoms with Crippen LogP contribution in [0.3, 0.4) is 0 Å². The van der Waals surface area contributed by atoms with E-state index >= 15 is 0 Å². The fraction of sp³-hybridized carbons (Fsp3) is 0.684. The fourth-order valence-corrected chi connectivity index (χ4v) is 3.41. The van der Waals surface area contributed by atoms with Crippen molar-refractivity contribution in [2.45, 2.75) is 40.2 Å². The number of rotatable bonds is 10. The van der Waals surface area contributed by atoms with E-state index in [0.29, 0.717) is 24.0 Å². The summed E-state index contributed by atoms with van der Waals surface area (Å²) in [6.45, 7) is 13.0. The van der Waals surface area contributed by atoms with E-state index in [1.807, 2.05) is 19.1 Å². The lowest BCUT2D eigenvalue weighted by atomic mass is 10.1. The lowest BCUT2D eigenvalue weighted by Crippen LogP contribution is -2.26. The monoisotopic (exact) mass is 354 g/mol. The quantitative estimate of drug-likeness (QED) is 0.689. The molecule has 1 atom stereocenters. The molecule has 0 aliphatic carbocycles. The fourth-order valence-electron chi connectivity index (χ4n) is 3.12. The zero-order valence-electron chi connectivity index (χ0n) is 15.2. The lowest BCUT2D eigenvalue weighted by Gasteiger charge is -2.16. The van der Waals surface area contributed by atoms with Gasteiger partial charge in [0.15, 0.2) is 11.5 Å². The third-order valence-corrected chi connectivity index (χ3v) is 4.68. The zero-order chi connectivity index (χ0) is 17.4. The SMILES string of the molecule is CCCOc1c(Cl)cc(CNCC2CCN(CC)C2)cc1OCC. The summed E-state index contributed by atoms with van der Waals surface area (Å²) in [5.41, 5.74) is 1.14. The number of halogens is 1. The van der Waals surface area contributed by atoms with Gasteiger partial charge < -0.3 is 19.7 Å². The van der Waals surface area contributed by atoms with Crippen LogP contribution in [0, 0.1) is 5.92 Å². The predicted molar refractivity (Wildman–Crippen MR) is 100 cm³/mol. The summed E-state index contributed by atoms with van der Waals surface area (Å²) < 4.78 is 11.5. The van der Waals surface area contributed by atoms with Crippen LogP contribution in [0.5, 0.6) is 11.5 Å². The van der Waals surface area contributed by atoms with E-state index in [-0.39, 0.29) is 0 Å². The van der Waals surface area contributed by atoms with Crippen molar-refractivity contribution < 1.29 is 9.47 Å². The Morgan fingerprint density at radius 1 is 1.25 bits per heavy atom. The van der Waals surface area contributed by atoms with Crippen LogP contribution in [0.15, 0.2) is 12.1 Å². The molecule has 0 amide bonds. The standard InChI is InChI=1S/C19H31ClN2O2/c1-4-9-24-19-17(20)10-16(11-18(19)23-6-3)13-21-12-15-7-8-22(5-2)14-15/h10-11,15,21H,4-9,12-14H2,1-3H3. The molecule has 0 aromatic heterocycles. The van der Waals surface area contributed by atoms with Crippen LogP contribution >= 0.6 is 11.6 Å². The lowest BCUT2D eigenvalue weighted by molar-refractivity contribution is 0.277. The molecular formula is C19H31ClN2O2. The first-order chi connectivity index (χ1) is 11.7. The highest BCUT2D eigenvalue weighted by atomic mass is 35.5. The van der Waals surface area contributed by atoms with E-state index in [0.717, 1.165) is 43.3 Å². The molecule has 0 spiro atoms. The van der Waals surface area contributed by atoms with Crippen molar-refractivity contribution >= 4 is 11.6 Å². The van der Waals surface area contributed by atoms with Crippen molar-refractivity contribution in [1.82, 2.24) is 10.2 Å². The summed E-state index contributed by atoms with van der Waals surface area (Å²) in [7, 11) is 0. The summed E-state index contributed by atoms with van der Waals surface area (Å²) in [5, 5.41) is 4.19. The molecule has 1 aromatic carbocycles. The van der Waals surface area contributed by atoms with Crippen molar-refractivity contribution in [2.24, 2.45) is 5.92 Å². The largest absolute Gasteiger partial charge is 0.490 e. The Morgan fingerprint density at radius 3 is 2.75 bits per heavy atom. The third kappa shape index (κ3) is 5.54. The van der Waals surface area contributed by atoms with Gasteiger partial charge in [0, 0.05) is 13.1 Å². The summed E-state index contributed by atoms with van der Waals surface area (Å²) in [5.74, 6) is 2.16. The van der Waals surface area contributed by atoms with E-state index in [1.165, 1.54) is 19.5 Å². The highest BCUT2D eigenvalue weighted by Crippen LogP contribution is 2.36. The molecule has 1 aliphatic heterocycles. The normalized spacial score (nSPS) is 18.1. The minimum absolute atomic E-state index is 0.602. The second kappa shape index (κ2) is 10.1. The molecule has 24 heavy (non-hydrogen) atoms. The molecule has 1 heterocycles. The summed E-state index contributed by atoms with van der Waals surface area (Å²) in [6.07, 6.45) is 2.23. The van der Waals surface area contributed by atoms with Crippen LogP contribution in [0.2, 0.25) is 5.02 Å². The Hall–Kier alpha value is -0.970. The van der Waals surface area contributed by atoms with E-state index in [1.54, 1.807) is 0 Å². The van der Waals surface area contributed by atoms with Gasteiger partial charge in [-0.25, -0.2) is 0 Å². The molecule has 1 N–H and O–H groups in total. The second-order valence-electron chi connectivity index (χ2n) is 6.37. The van der Waals surface area contributed by atoms with E-state index in [4.69, 9.17) is 21.1 Å². The Bertz CT molecular complexity index is 510. The van der Waals surface area contributed by atoms with Gasteiger partial charge in [-0.05, 0) is 63.0 Å². The molecule has 2 rings (SSSR count). The number of nitrogens with one attached hydrogen (secondary N) is 1. The smallest absolute Gasteiger partial charge is 0.179 e. The number of ether oxygens (including phenoxy) is 2. The van der Waals surface area contributed by atoms with Gasteiger partial charge in [-0.15, -0.1) is 0 Å². The van der Waals surface area contributed by atoms with Gasteiger partial charge in [0.05, 0.1) is 18.2 Å². The van der Waals surface area contributed by atoms with Gasteiger partial charge in [0.2, 0.25) is 0 Å². The average Bonchev–Trinajstić information content (AvgIpc) is 3.02. The third-order valence-electron chi connectivity index (χ3n) is 4.40. The predicted octanol–water partition coefficient (Wildman–Crippen LogP) is 3.96. The Balaban J connectivity index is 1.92. The first-order valence-electron chi connectivity index (χ1n) is 9.18. The molecule has 0 radical (unpaired) electrons. The Labute approximate surface area is 151 Å².